The molecule has 2 aliphatic rings. The molecule has 0 aliphatic carbocycles. The Labute approximate surface area is 70.6 Å². The number of hydrogen-bond acceptors (Lipinski definition) is 3. The van der Waals surface area contributed by atoms with Gasteiger partial charge in [-0.15, -0.1) is 0 Å². The Balaban J connectivity index is 2.67. The molecular formula is C8H10N4. The molecule has 4 heteroatoms. The van der Waals surface area contributed by atoms with E-state index in [9.17, 15) is 0 Å². The van der Waals surface area contributed by atoms with Crippen molar-refractivity contribution in [3.05, 3.63) is 18.3 Å². The van der Waals surface area contributed by atoms with Gasteiger partial charge in [-0.25, -0.2) is 15.0 Å². The number of hydrogen-bond donors (Lipinski definition) is 0. The molecule has 0 saturated carbocycles. The van der Waals surface area contributed by atoms with Crippen LogP contribution in [0.4, 0.5) is 0 Å². The highest BCUT2D eigenvalue weighted by Gasteiger charge is 2.08. The van der Waals surface area contributed by atoms with Crippen molar-refractivity contribution in [2.45, 2.75) is 13.3 Å². The van der Waals surface area contributed by atoms with E-state index in [2.05, 4.69) is 21.9 Å². The van der Waals surface area contributed by atoms with Crippen LogP contribution in [0.15, 0.2) is 12.5 Å². The van der Waals surface area contributed by atoms with Crippen molar-refractivity contribution in [2.75, 3.05) is 0 Å². The van der Waals surface area contributed by atoms with Crippen LogP contribution in [0.1, 0.15) is 12.7 Å². The molecule has 0 radical (unpaired) electrons. The van der Waals surface area contributed by atoms with E-state index < -0.39 is 0 Å². The summed E-state index contributed by atoms with van der Waals surface area (Å²) in [5.74, 6) is 1.77. The molecule has 0 saturated heterocycles. The zero-order chi connectivity index (χ0) is 8.55. The summed E-state index contributed by atoms with van der Waals surface area (Å²) in [4.78, 5) is 12.4. The molecule has 2 aliphatic heterocycles. The van der Waals surface area contributed by atoms with Crippen molar-refractivity contribution in [1.29, 1.82) is 0 Å². The fourth-order valence-electron chi connectivity index (χ4n) is 1.23. The minimum atomic E-state index is 0.741. The van der Waals surface area contributed by atoms with E-state index in [0.29, 0.717) is 0 Å². The molecule has 0 fully saturated rings. The minimum Gasteiger partial charge on any atom is -0.337 e. The molecule has 0 N–H and O–H groups in total. The van der Waals surface area contributed by atoms with Gasteiger partial charge in [0.2, 0.25) is 0 Å². The standard InChI is InChI=1S/C8H10N4/c1-3-7-11-8-6(4-12(7)2)9-5-10-8/h4-5H,3H2,1-2H3. The van der Waals surface area contributed by atoms with Crippen LogP contribution < -0.4 is 0 Å². The molecule has 2 rings (SSSR count). The summed E-state index contributed by atoms with van der Waals surface area (Å²) in [7, 11) is 1.97. The summed E-state index contributed by atoms with van der Waals surface area (Å²) in [5, 5.41) is 0. The first-order chi connectivity index (χ1) is 5.81. The molecule has 2 heterocycles. The van der Waals surface area contributed by atoms with E-state index in [0.717, 1.165) is 23.8 Å². The van der Waals surface area contributed by atoms with E-state index in [-0.39, 0.29) is 0 Å². The summed E-state index contributed by atoms with van der Waals surface area (Å²) in [6, 6.07) is 0. The van der Waals surface area contributed by atoms with Crippen molar-refractivity contribution in [1.82, 2.24) is 19.5 Å². The summed E-state index contributed by atoms with van der Waals surface area (Å²) >= 11 is 0. The average Bonchev–Trinajstić information content (AvgIpc) is 2.49. The van der Waals surface area contributed by atoms with Crippen LogP contribution in [-0.2, 0) is 13.5 Å². The number of rotatable bonds is 1. The lowest BCUT2D eigenvalue weighted by molar-refractivity contribution is 0.761. The fraction of sp³-hybridized carbons (Fsp3) is 0.375. The predicted molar refractivity (Wildman–Crippen MR) is 44.8 cm³/mol. The largest absolute Gasteiger partial charge is 0.337 e. The number of aryl methyl sites for hydroxylation is 2. The number of fused-ring (bicyclic) bond motifs is 1. The maximum atomic E-state index is 4.34. The fourth-order valence-corrected chi connectivity index (χ4v) is 1.23. The first-order valence-corrected chi connectivity index (χ1v) is 3.94. The van der Waals surface area contributed by atoms with Gasteiger partial charge >= 0.3 is 0 Å². The maximum absolute atomic E-state index is 4.34. The first-order valence-electron chi connectivity index (χ1n) is 3.94. The predicted octanol–water partition coefficient (Wildman–Crippen LogP) is 0.877. The van der Waals surface area contributed by atoms with Gasteiger partial charge < -0.3 is 4.57 Å². The van der Waals surface area contributed by atoms with Crippen LogP contribution in [0.5, 0.6) is 0 Å². The van der Waals surface area contributed by atoms with Gasteiger partial charge in [0.25, 0.3) is 0 Å². The molecule has 4 nitrogen and oxygen atoms in total. The monoisotopic (exact) mass is 162 g/mol. The van der Waals surface area contributed by atoms with E-state index in [4.69, 9.17) is 0 Å². The number of imidazole rings is 1. The van der Waals surface area contributed by atoms with Gasteiger partial charge in [0.05, 0.1) is 0 Å². The maximum Gasteiger partial charge on any atom is 0.182 e. The third-order valence-corrected chi connectivity index (χ3v) is 1.88. The first kappa shape index (κ1) is 7.21. The van der Waals surface area contributed by atoms with Crippen molar-refractivity contribution >= 4 is 0 Å². The van der Waals surface area contributed by atoms with Gasteiger partial charge in [-0.3, -0.25) is 0 Å². The van der Waals surface area contributed by atoms with E-state index >= 15 is 0 Å². The lowest BCUT2D eigenvalue weighted by Crippen LogP contribution is -2.05. The van der Waals surface area contributed by atoms with Gasteiger partial charge in [-0.1, -0.05) is 6.92 Å². The molecule has 0 aromatic carbocycles. The molecule has 0 spiro atoms. The van der Waals surface area contributed by atoms with Crippen molar-refractivity contribution in [3.8, 4) is 11.5 Å². The molecule has 0 aromatic rings. The third kappa shape index (κ3) is 0.958. The summed E-state index contributed by atoms with van der Waals surface area (Å²) in [6.45, 7) is 2.07. The Morgan fingerprint density at radius 3 is 3.00 bits per heavy atom. The highest BCUT2D eigenvalue weighted by Crippen LogP contribution is 2.13. The van der Waals surface area contributed by atoms with Crippen molar-refractivity contribution < 1.29 is 0 Å². The van der Waals surface area contributed by atoms with Gasteiger partial charge in [-0.05, 0) is 0 Å². The lowest BCUT2D eigenvalue weighted by atomic mass is 10.3. The Bertz CT molecular complexity index is 366. The van der Waals surface area contributed by atoms with Crippen molar-refractivity contribution in [3.63, 3.8) is 0 Å². The molecule has 62 valence electrons. The van der Waals surface area contributed by atoms with E-state index in [1.54, 1.807) is 0 Å². The van der Waals surface area contributed by atoms with Crippen LogP contribution in [0, 0.1) is 0 Å². The molecule has 0 aromatic heterocycles. The summed E-state index contributed by atoms with van der Waals surface area (Å²) in [5.41, 5.74) is 0.856. The van der Waals surface area contributed by atoms with Crippen LogP contribution in [0.2, 0.25) is 0 Å². The quantitative estimate of drug-likeness (QED) is 0.625. The van der Waals surface area contributed by atoms with Crippen LogP contribution in [0.25, 0.3) is 11.5 Å². The Kier molecular flexibility index (Phi) is 1.53. The molecule has 0 atom stereocenters. The third-order valence-electron chi connectivity index (χ3n) is 1.88. The smallest absolute Gasteiger partial charge is 0.182 e. The van der Waals surface area contributed by atoms with Gasteiger partial charge in [0.15, 0.2) is 5.82 Å². The van der Waals surface area contributed by atoms with Crippen LogP contribution >= 0.6 is 0 Å². The average molecular weight is 162 g/mol. The van der Waals surface area contributed by atoms with Gasteiger partial charge in [-0.2, -0.15) is 0 Å². The summed E-state index contributed by atoms with van der Waals surface area (Å²) < 4.78 is 1.98. The second-order valence-electron chi connectivity index (χ2n) is 2.70. The summed E-state index contributed by atoms with van der Waals surface area (Å²) in [6.07, 6.45) is 4.41. The van der Waals surface area contributed by atoms with E-state index in [1.807, 2.05) is 17.8 Å². The number of aromatic nitrogens is 4. The molecule has 0 bridgehead atoms. The van der Waals surface area contributed by atoms with Crippen LogP contribution in [0.3, 0.4) is 0 Å². The second kappa shape index (κ2) is 2.55. The zero-order valence-corrected chi connectivity index (χ0v) is 7.15. The molecule has 12 heavy (non-hydrogen) atoms. The molecular weight excluding hydrogens is 152 g/mol. The zero-order valence-electron chi connectivity index (χ0n) is 7.15. The molecule has 0 amide bonds. The SMILES string of the molecule is CCc1nc2ncnc-2cn1C. The topological polar surface area (TPSA) is 43.6 Å². The second-order valence-corrected chi connectivity index (χ2v) is 2.70. The van der Waals surface area contributed by atoms with Crippen molar-refractivity contribution in [2.24, 2.45) is 7.05 Å². The van der Waals surface area contributed by atoms with E-state index in [1.165, 1.54) is 6.33 Å². The normalized spacial score (nSPS) is 10.8. The van der Waals surface area contributed by atoms with Crippen LogP contribution in [-0.4, -0.2) is 19.5 Å². The molecule has 0 unspecified atom stereocenters. The Hall–Kier alpha value is -1.45. The minimum absolute atomic E-state index is 0.741. The lowest BCUT2D eigenvalue weighted by Gasteiger charge is -2.06. The Morgan fingerprint density at radius 1 is 1.42 bits per heavy atom. The Morgan fingerprint density at radius 2 is 2.25 bits per heavy atom. The number of nitrogens with zero attached hydrogens (tertiary/aromatic N) is 4. The highest BCUT2D eigenvalue weighted by atomic mass is 15.1. The van der Waals surface area contributed by atoms with Gasteiger partial charge in [0.1, 0.15) is 17.8 Å². The van der Waals surface area contributed by atoms with Gasteiger partial charge in [0, 0.05) is 19.7 Å². The highest BCUT2D eigenvalue weighted by molar-refractivity contribution is 5.48.